The summed E-state index contributed by atoms with van der Waals surface area (Å²) >= 11 is 0. The van der Waals surface area contributed by atoms with Gasteiger partial charge in [-0.2, -0.15) is 0 Å². The highest BCUT2D eigenvalue weighted by atomic mass is 32.2. The van der Waals surface area contributed by atoms with Gasteiger partial charge in [-0.25, -0.2) is 13.1 Å². The summed E-state index contributed by atoms with van der Waals surface area (Å²) in [5.74, 6) is -0.476. The van der Waals surface area contributed by atoms with Gasteiger partial charge in [-0.05, 0) is 30.7 Å². The van der Waals surface area contributed by atoms with Gasteiger partial charge in [-0.15, -0.1) is 0 Å². The Balaban J connectivity index is 2.57. The van der Waals surface area contributed by atoms with Gasteiger partial charge in [-0.3, -0.25) is 4.79 Å². The Labute approximate surface area is 113 Å². The van der Waals surface area contributed by atoms with E-state index in [1.807, 2.05) is 6.92 Å². The minimum atomic E-state index is -3.32. The normalized spacial score (nSPS) is 11.3. The molecule has 0 aliphatic heterocycles. The van der Waals surface area contributed by atoms with Crippen molar-refractivity contribution in [3.8, 4) is 0 Å². The molecule has 0 fully saturated rings. The second-order valence-corrected chi connectivity index (χ2v) is 6.13. The van der Waals surface area contributed by atoms with Crippen LogP contribution >= 0.6 is 0 Å². The Kier molecular flexibility index (Phi) is 5.31. The maximum absolute atomic E-state index is 11.8. The Bertz CT molecular complexity index is 535. The van der Waals surface area contributed by atoms with Crippen LogP contribution in [0.5, 0.6) is 0 Å². The molecule has 0 heterocycles. The largest absolute Gasteiger partial charge is 0.399 e. The van der Waals surface area contributed by atoms with E-state index in [9.17, 15) is 13.2 Å². The molecular formula is C12H19N3O3S. The van der Waals surface area contributed by atoms with Crippen LogP contribution in [0.3, 0.4) is 0 Å². The zero-order chi connectivity index (χ0) is 14.5. The first-order valence-electron chi connectivity index (χ1n) is 5.97. The summed E-state index contributed by atoms with van der Waals surface area (Å²) in [5, 5.41) is 2.55. The molecule has 19 heavy (non-hydrogen) atoms. The summed E-state index contributed by atoms with van der Waals surface area (Å²) in [7, 11) is -3.32. The van der Waals surface area contributed by atoms with Crippen LogP contribution in [0.15, 0.2) is 18.2 Å². The predicted molar refractivity (Wildman–Crippen MR) is 75.4 cm³/mol. The van der Waals surface area contributed by atoms with E-state index in [1.54, 1.807) is 25.1 Å². The van der Waals surface area contributed by atoms with E-state index in [2.05, 4.69) is 10.0 Å². The van der Waals surface area contributed by atoms with Crippen LogP contribution in [0, 0.1) is 6.92 Å². The highest BCUT2D eigenvalue weighted by molar-refractivity contribution is 7.89. The molecule has 1 aromatic carbocycles. The SMILES string of the molecule is CCNS(=O)(=O)CCNC(=O)c1cc(C)cc(N)c1. The summed E-state index contributed by atoms with van der Waals surface area (Å²) in [6.07, 6.45) is 0. The van der Waals surface area contributed by atoms with Crippen LogP contribution in [0.2, 0.25) is 0 Å². The van der Waals surface area contributed by atoms with Crippen molar-refractivity contribution in [2.24, 2.45) is 0 Å². The van der Waals surface area contributed by atoms with Crippen molar-refractivity contribution in [3.05, 3.63) is 29.3 Å². The van der Waals surface area contributed by atoms with Gasteiger partial charge in [0.05, 0.1) is 5.75 Å². The van der Waals surface area contributed by atoms with E-state index >= 15 is 0 Å². The molecule has 4 N–H and O–H groups in total. The first-order chi connectivity index (χ1) is 8.84. The van der Waals surface area contributed by atoms with Crippen LogP contribution in [0.1, 0.15) is 22.8 Å². The van der Waals surface area contributed by atoms with Crippen molar-refractivity contribution in [3.63, 3.8) is 0 Å². The third-order valence-electron chi connectivity index (χ3n) is 2.38. The van der Waals surface area contributed by atoms with E-state index in [1.165, 1.54) is 0 Å². The molecule has 0 aromatic heterocycles. The second-order valence-electron chi connectivity index (χ2n) is 4.21. The number of anilines is 1. The lowest BCUT2D eigenvalue weighted by atomic mass is 10.1. The fraction of sp³-hybridized carbons (Fsp3) is 0.417. The number of benzene rings is 1. The molecule has 0 aliphatic rings. The number of rotatable bonds is 6. The minimum absolute atomic E-state index is 0.0576. The minimum Gasteiger partial charge on any atom is -0.399 e. The standard InChI is InChI=1S/C12H19N3O3S/c1-3-15-19(17,18)5-4-14-12(16)10-6-9(2)7-11(13)8-10/h6-8,15H,3-5,13H2,1-2H3,(H,14,16). The first-order valence-corrected chi connectivity index (χ1v) is 7.62. The van der Waals surface area contributed by atoms with Gasteiger partial charge in [0.2, 0.25) is 10.0 Å². The highest BCUT2D eigenvalue weighted by Gasteiger charge is 2.11. The molecule has 0 radical (unpaired) electrons. The molecule has 0 saturated heterocycles. The average Bonchev–Trinajstić information content (AvgIpc) is 2.27. The molecule has 1 rings (SSSR count). The molecule has 0 atom stereocenters. The number of carbonyl (C=O) groups is 1. The topological polar surface area (TPSA) is 101 Å². The van der Waals surface area contributed by atoms with Gasteiger partial charge >= 0.3 is 0 Å². The Morgan fingerprint density at radius 1 is 1.32 bits per heavy atom. The maximum atomic E-state index is 11.8. The van der Waals surface area contributed by atoms with Gasteiger partial charge < -0.3 is 11.1 Å². The van der Waals surface area contributed by atoms with Crippen molar-refractivity contribution >= 4 is 21.6 Å². The molecule has 0 saturated carbocycles. The monoisotopic (exact) mass is 285 g/mol. The number of amides is 1. The fourth-order valence-corrected chi connectivity index (χ4v) is 2.59. The van der Waals surface area contributed by atoms with Gasteiger partial charge in [-0.1, -0.05) is 6.92 Å². The Morgan fingerprint density at radius 3 is 2.58 bits per heavy atom. The number of carbonyl (C=O) groups excluding carboxylic acids is 1. The fourth-order valence-electron chi connectivity index (χ4n) is 1.64. The summed E-state index contributed by atoms with van der Waals surface area (Å²) in [5.41, 5.74) is 7.46. The van der Waals surface area contributed by atoms with Gasteiger partial charge in [0.1, 0.15) is 0 Å². The van der Waals surface area contributed by atoms with Crippen molar-refractivity contribution in [2.75, 3.05) is 24.6 Å². The van der Waals surface area contributed by atoms with Crippen LogP contribution in [-0.4, -0.2) is 33.2 Å². The van der Waals surface area contributed by atoms with Crippen LogP contribution in [-0.2, 0) is 10.0 Å². The Hall–Kier alpha value is -1.60. The zero-order valence-electron chi connectivity index (χ0n) is 11.1. The van der Waals surface area contributed by atoms with Gasteiger partial charge in [0, 0.05) is 24.3 Å². The lowest BCUT2D eigenvalue weighted by Crippen LogP contribution is -2.34. The quantitative estimate of drug-likeness (QED) is 0.652. The van der Waals surface area contributed by atoms with E-state index in [0.717, 1.165) is 5.56 Å². The van der Waals surface area contributed by atoms with Crippen molar-refractivity contribution < 1.29 is 13.2 Å². The molecule has 106 valence electrons. The zero-order valence-corrected chi connectivity index (χ0v) is 11.9. The number of nitrogens with one attached hydrogen (secondary N) is 2. The Morgan fingerprint density at radius 2 is 2.00 bits per heavy atom. The van der Waals surface area contributed by atoms with E-state index < -0.39 is 10.0 Å². The molecule has 6 nitrogen and oxygen atoms in total. The number of nitrogen functional groups attached to an aromatic ring is 1. The summed E-state index contributed by atoms with van der Waals surface area (Å²) in [6, 6.07) is 5.01. The summed E-state index contributed by atoms with van der Waals surface area (Å²) in [4.78, 5) is 11.8. The molecule has 1 amide bonds. The average molecular weight is 285 g/mol. The number of sulfonamides is 1. The number of hydrogen-bond acceptors (Lipinski definition) is 4. The van der Waals surface area contributed by atoms with Gasteiger partial charge in [0.15, 0.2) is 0 Å². The van der Waals surface area contributed by atoms with Crippen molar-refractivity contribution in [1.82, 2.24) is 10.0 Å². The third-order valence-corrected chi connectivity index (χ3v) is 3.85. The molecule has 0 aliphatic carbocycles. The van der Waals surface area contributed by atoms with Crippen molar-refractivity contribution in [1.29, 1.82) is 0 Å². The van der Waals surface area contributed by atoms with Crippen LogP contribution in [0.25, 0.3) is 0 Å². The lowest BCUT2D eigenvalue weighted by molar-refractivity contribution is 0.0956. The maximum Gasteiger partial charge on any atom is 0.251 e. The van der Waals surface area contributed by atoms with E-state index in [4.69, 9.17) is 5.73 Å². The molecule has 0 unspecified atom stereocenters. The lowest BCUT2D eigenvalue weighted by Gasteiger charge is -2.08. The van der Waals surface area contributed by atoms with Crippen molar-refractivity contribution in [2.45, 2.75) is 13.8 Å². The predicted octanol–water partition coefficient (Wildman–Crippen LogP) is 0.246. The van der Waals surface area contributed by atoms with Crippen LogP contribution < -0.4 is 15.8 Å². The number of hydrogen-bond donors (Lipinski definition) is 3. The second kappa shape index (κ2) is 6.53. The smallest absolute Gasteiger partial charge is 0.251 e. The van der Waals surface area contributed by atoms with E-state index in [0.29, 0.717) is 17.8 Å². The highest BCUT2D eigenvalue weighted by Crippen LogP contribution is 2.10. The number of aryl methyl sites for hydroxylation is 1. The molecule has 7 heteroatoms. The summed E-state index contributed by atoms with van der Waals surface area (Å²) < 4.78 is 25.1. The summed E-state index contributed by atoms with van der Waals surface area (Å²) in [6.45, 7) is 3.93. The number of nitrogens with two attached hydrogens (primary N) is 1. The van der Waals surface area contributed by atoms with Gasteiger partial charge in [0.25, 0.3) is 5.91 Å². The molecule has 1 aromatic rings. The molecule has 0 bridgehead atoms. The van der Waals surface area contributed by atoms with Crippen LogP contribution in [0.4, 0.5) is 5.69 Å². The molecule has 0 spiro atoms. The molecular weight excluding hydrogens is 266 g/mol. The first kappa shape index (κ1) is 15.5. The van der Waals surface area contributed by atoms with E-state index in [-0.39, 0.29) is 18.2 Å². The third kappa shape index (κ3) is 5.27.